The zero-order valence-electron chi connectivity index (χ0n) is 15.6. The summed E-state index contributed by atoms with van der Waals surface area (Å²) in [5.41, 5.74) is 1.21. The summed E-state index contributed by atoms with van der Waals surface area (Å²) >= 11 is 0. The molecule has 0 N–H and O–H groups in total. The van der Waals surface area contributed by atoms with Crippen LogP contribution in [0.3, 0.4) is 0 Å². The lowest BCUT2D eigenvalue weighted by molar-refractivity contribution is -0.128. The molecule has 1 unspecified atom stereocenters. The van der Waals surface area contributed by atoms with Crippen LogP contribution in [0.1, 0.15) is 59.8 Å². The number of fused-ring (bicyclic) bond motifs is 1. The number of carbonyl (C=O) groups excluding carboxylic acids is 1. The molecule has 0 amide bonds. The minimum absolute atomic E-state index is 0.0887. The van der Waals surface area contributed by atoms with E-state index in [2.05, 4.69) is 44.9 Å². The van der Waals surface area contributed by atoms with Gasteiger partial charge in [0.05, 0.1) is 0 Å². The van der Waals surface area contributed by atoms with Gasteiger partial charge >= 0.3 is 0 Å². The van der Waals surface area contributed by atoms with Crippen molar-refractivity contribution in [1.82, 2.24) is 0 Å². The number of hydrogen-bond donors (Lipinski definition) is 0. The second-order valence-electron chi connectivity index (χ2n) is 8.11. The van der Waals surface area contributed by atoms with Gasteiger partial charge in [-0.15, -0.1) is 0 Å². The van der Waals surface area contributed by atoms with Gasteiger partial charge in [0.25, 0.3) is 0 Å². The van der Waals surface area contributed by atoms with Gasteiger partial charge < -0.3 is 4.43 Å². The molecule has 1 radical (unpaired) electrons. The summed E-state index contributed by atoms with van der Waals surface area (Å²) in [5, 5.41) is 0. The molecule has 2 aliphatic rings. The van der Waals surface area contributed by atoms with E-state index in [1.807, 2.05) is 13.8 Å². The van der Waals surface area contributed by atoms with Gasteiger partial charge in [0.1, 0.15) is 11.4 Å². The lowest BCUT2D eigenvalue weighted by Crippen LogP contribution is -2.36. The van der Waals surface area contributed by atoms with E-state index in [1.54, 1.807) is 0 Å². The van der Waals surface area contributed by atoms with Crippen molar-refractivity contribution in [2.45, 2.75) is 78.5 Å². The standard InChI is InChI=1S/C20H31O2Si/c1-15(9-7-13-19(2,3)22-23(5)6)16-11-12-17-18(21)10-8-14-20(16,17)4/h11,15,17H,8-10,12,14H2,1-6H3/t15-,17?,20-/m1/s1. The molecule has 0 heterocycles. The van der Waals surface area contributed by atoms with Crippen LogP contribution in [0.15, 0.2) is 11.6 Å². The van der Waals surface area contributed by atoms with Crippen molar-refractivity contribution in [1.29, 1.82) is 0 Å². The SMILES string of the molecule is C[C@H](CC#CC(C)(C)O[Si](C)C)C1=CCC2C(=O)CCC[C@]12C. The average molecular weight is 332 g/mol. The Hall–Kier alpha value is -0.853. The number of allylic oxidation sites excluding steroid dienone is 2. The predicted molar refractivity (Wildman–Crippen MR) is 97.4 cm³/mol. The number of Topliss-reactive ketones (excluding diaryl/α,β-unsaturated/α-hetero) is 1. The molecule has 0 aromatic carbocycles. The highest BCUT2D eigenvalue weighted by molar-refractivity contribution is 6.48. The zero-order chi connectivity index (χ0) is 17.3. The van der Waals surface area contributed by atoms with E-state index >= 15 is 0 Å². The number of hydrogen-bond acceptors (Lipinski definition) is 2. The van der Waals surface area contributed by atoms with E-state index in [9.17, 15) is 4.79 Å². The van der Waals surface area contributed by atoms with Crippen molar-refractivity contribution in [3.8, 4) is 11.8 Å². The third kappa shape index (κ3) is 4.16. The molecule has 1 fully saturated rings. The highest BCUT2D eigenvalue weighted by Gasteiger charge is 2.47. The van der Waals surface area contributed by atoms with Crippen molar-refractivity contribution in [2.75, 3.05) is 0 Å². The first kappa shape index (κ1) is 18.5. The summed E-state index contributed by atoms with van der Waals surface area (Å²) in [6.07, 6.45) is 7.10. The van der Waals surface area contributed by atoms with Crippen LogP contribution in [-0.4, -0.2) is 20.4 Å². The van der Waals surface area contributed by atoms with Crippen molar-refractivity contribution in [3.63, 3.8) is 0 Å². The van der Waals surface area contributed by atoms with Gasteiger partial charge in [0.15, 0.2) is 0 Å². The molecule has 0 aromatic rings. The molecular formula is C20H31O2Si. The Morgan fingerprint density at radius 3 is 2.83 bits per heavy atom. The monoisotopic (exact) mass is 331 g/mol. The second kappa shape index (κ2) is 6.95. The largest absolute Gasteiger partial charge is 0.402 e. The fraction of sp³-hybridized carbons (Fsp3) is 0.750. The van der Waals surface area contributed by atoms with Gasteiger partial charge in [-0.2, -0.15) is 0 Å². The molecule has 0 aliphatic heterocycles. The van der Waals surface area contributed by atoms with Crippen molar-refractivity contribution < 1.29 is 9.22 Å². The van der Waals surface area contributed by atoms with Crippen LogP contribution < -0.4 is 0 Å². The fourth-order valence-electron chi connectivity index (χ4n) is 4.38. The van der Waals surface area contributed by atoms with Gasteiger partial charge in [-0.3, -0.25) is 4.79 Å². The zero-order valence-corrected chi connectivity index (χ0v) is 16.6. The Kier molecular flexibility index (Phi) is 5.58. The van der Waals surface area contributed by atoms with Crippen LogP contribution >= 0.6 is 0 Å². The van der Waals surface area contributed by atoms with E-state index in [0.717, 1.165) is 32.1 Å². The minimum Gasteiger partial charge on any atom is -0.402 e. The maximum Gasteiger partial charge on any atom is 0.207 e. The average Bonchev–Trinajstić information content (AvgIpc) is 2.75. The van der Waals surface area contributed by atoms with E-state index in [1.165, 1.54) is 5.57 Å². The van der Waals surface area contributed by atoms with Gasteiger partial charge in [-0.1, -0.05) is 37.3 Å². The molecule has 3 heteroatoms. The quantitative estimate of drug-likeness (QED) is 0.421. The third-order valence-corrected chi connectivity index (χ3v) is 6.22. The molecule has 23 heavy (non-hydrogen) atoms. The lowest BCUT2D eigenvalue weighted by atomic mass is 9.63. The molecule has 1 saturated carbocycles. The Morgan fingerprint density at radius 1 is 1.48 bits per heavy atom. The van der Waals surface area contributed by atoms with Gasteiger partial charge in [-0.05, 0) is 57.5 Å². The smallest absolute Gasteiger partial charge is 0.207 e. The number of ketones is 1. The van der Waals surface area contributed by atoms with E-state index < -0.39 is 9.04 Å². The van der Waals surface area contributed by atoms with Crippen molar-refractivity contribution >= 4 is 14.8 Å². The van der Waals surface area contributed by atoms with Gasteiger partial charge in [0, 0.05) is 18.8 Å². The van der Waals surface area contributed by atoms with Crippen LogP contribution in [0.4, 0.5) is 0 Å². The predicted octanol–water partition coefficient (Wildman–Crippen LogP) is 4.77. The third-order valence-electron chi connectivity index (χ3n) is 5.30. The molecule has 127 valence electrons. The Bertz CT molecular complexity index is 550. The van der Waals surface area contributed by atoms with Crippen molar-refractivity contribution in [2.24, 2.45) is 17.3 Å². The molecular weight excluding hydrogens is 300 g/mol. The van der Waals surface area contributed by atoms with Crippen LogP contribution in [-0.2, 0) is 9.22 Å². The second-order valence-corrected chi connectivity index (χ2v) is 10.1. The summed E-state index contributed by atoms with van der Waals surface area (Å²) in [5.74, 6) is 7.77. The molecule has 0 aromatic heterocycles. The Morgan fingerprint density at radius 2 is 2.17 bits per heavy atom. The van der Waals surface area contributed by atoms with E-state index in [0.29, 0.717) is 11.7 Å². The van der Waals surface area contributed by atoms with Crippen LogP contribution in [0, 0.1) is 29.1 Å². The summed E-state index contributed by atoms with van der Waals surface area (Å²) in [7, 11) is -0.739. The van der Waals surface area contributed by atoms with E-state index in [-0.39, 0.29) is 16.9 Å². The molecule has 0 spiro atoms. The first-order valence-corrected chi connectivity index (χ1v) is 11.3. The Balaban J connectivity index is 2.02. The van der Waals surface area contributed by atoms with Crippen LogP contribution in [0.5, 0.6) is 0 Å². The first-order valence-electron chi connectivity index (χ1n) is 8.88. The maximum absolute atomic E-state index is 12.2. The summed E-state index contributed by atoms with van der Waals surface area (Å²) in [6.45, 7) is 12.9. The van der Waals surface area contributed by atoms with Gasteiger partial charge in [-0.25, -0.2) is 0 Å². The highest BCUT2D eigenvalue weighted by atomic mass is 28.3. The molecule has 0 saturated heterocycles. The highest BCUT2D eigenvalue weighted by Crippen LogP contribution is 2.53. The lowest BCUT2D eigenvalue weighted by Gasteiger charge is -2.39. The molecule has 0 bridgehead atoms. The molecule has 2 rings (SSSR count). The molecule has 2 nitrogen and oxygen atoms in total. The number of rotatable bonds is 4. The fourth-order valence-corrected chi connectivity index (χ4v) is 5.45. The van der Waals surface area contributed by atoms with Gasteiger partial charge in [0.2, 0.25) is 9.04 Å². The topological polar surface area (TPSA) is 26.3 Å². The molecule has 3 atom stereocenters. The summed E-state index contributed by atoms with van der Waals surface area (Å²) in [4.78, 5) is 12.2. The number of carbonyl (C=O) groups is 1. The van der Waals surface area contributed by atoms with E-state index in [4.69, 9.17) is 4.43 Å². The first-order chi connectivity index (χ1) is 10.7. The summed E-state index contributed by atoms with van der Waals surface area (Å²) < 4.78 is 5.93. The molecule has 2 aliphatic carbocycles. The minimum atomic E-state index is -0.739. The Labute approximate surface area is 143 Å². The normalized spacial score (nSPS) is 28.9. The maximum atomic E-state index is 12.2. The van der Waals surface area contributed by atoms with Crippen LogP contribution in [0.25, 0.3) is 0 Å². The van der Waals surface area contributed by atoms with Crippen molar-refractivity contribution in [3.05, 3.63) is 11.6 Å². The van der Waals surface area contributed by atoms with Crippen LogP contribution in [0.2, 0.25) is 13.1 Å². The summed E-state index contributed by atoms with van der Waals surface area (Å²) in [6, 6.07) is 0.